The summed E-state index contributed by atoms with van der Waals surface area (Å²) in [6.45, 7) is 1.77. The van der Waals surface area contributed by atoms with Crippen molar-refractivity contribution in [3.05, 3.63) is 77.4 Å². The van der Waals surface area contributed by atoms with E-state index < -0.39 is 5.91 Å². The van der Waals surface area contributed by atoms with Crippen molar-refractivity contribution >= 4 is 29.1 Å². The molecular weight excluding hydrogens is 380 g/mol. The number of fused-ring (bicyclic) bond motifs is 3. The molecule has 0 unspecified atom stereocenters. The fourth-order valence-electron chi connectivity index (χ4n) is 3.34. The van der Waals surface area contributed by atoms with Crippen LogP contribution < -0.4 is 16.4 Å². The van der Waals surface area contributed by atoms with Crippen LogP contribution >= 0.6 is 0 Å². The summed E-state index contributed by atoms with van der Waals surface area (Å²) in [4.78, 5) is 33.7. The molecule has 1 aromatic carbocycles. The molecule has 8 heteroatoms. The van der Waals surface area contributed by atoms with Crippen molar-refractivity contribution in [1.29, 1.82) is 0 Å². The van der Waals surface area contributed by atoms with E-state index in [1.807, 2.05) is 34.9 Å². The van der Waals surface area contributed by atoms with E-state index in [0.29, 0.717) is 36.7 Å². The molecule has 152 valence electrons. The third-order valence-corrected chi connectivity index (χ3v) is 4.84. The maximum Gasteiger partial charge on any atom is 0.274 e. The number of nitrogens with two attached hydrogens (primary N) is 1. The minimum atomic E-state index is -0.395. The molecule has 0 spiro atoms. The summed E-state index contributed by atoms with van der Waals surface area (Å²) in [5.74, 6) is -0.520. The average molecular weight is 402 g/mol. The van der Waals surface area contributed by atoms with Gasteiger partial charge in [0.05, 0.1) is 12.2 Å². The molecule has 0 atom stereocenters. The molecule has 1 aliphatic heterocycles. The molecule has 2 aromatic heterocycles. The number of aliphatic imine (C=N–C) groups is 1. The minimum Gasteiger partial charge on any atom is -0.403 e. The van der Waals surface area contributed by atoms with E-state index in [9.17, 15) is 9.59 Å². The van der Waals surface area contributed by atoms with E-state index >= 15 is 0 Å². The zero-order valence-electron chi connectivity index (χ0n) is 16.3. The van der Waals surface area contributed by atoms with Crippen LogP contribution in [0.1, 0.15) is 33.0 Å². The van der Waals surface area contributed by atoms with Crippen LogP contribution in [-0.4, -0.2) is 34.1 Å². The fraction of sp³-hybridized carbons (Fsp3) is 0.182. The van der Waals surface area contributed by atoms with Gasteiger partial charge >= 0.3 is 0 Å². The number of aryl methyl sites for hydroxylation is 1. The van der Waals surface area contributed by atoms with Gasteiger partial charge in [-0.1, -0.05) is 30.3 Å². The highest BCUT2D eigenvalue weighted by atomic mass is 16.2. The van der Waals surface area contributed by atoms with Gasteiger partial charge < -0.3 is 20.9 Å². The summed E-state index contributed by atoms with van der Waals surface area (Å²) >= 11 is 0. The Bertz CT molecular complexity index is 1150. The highest BCUT2D eigenvalue weighted by Gasteiger charge is 2.20. The quantitative estimate of drug-likeness (QED) is 0.566. The van der Waals surface area contributed by atoms with E-state index in [0.717, 1.165) is 17.4 Å². The first-order valence-electron chi connectivity index (χ1n) is 9.71. The fourth-order valence-corrected chi connectivity index (χ4v) is 3.34. The molecule has 4 N–H and O–H groups in total. The number of rotatable bonds is 5. The SMILES string of the molecule is NC=C(C=NCc1ccccc1)NC(=O)c1ccc2cc3n(c2n1)CCCNC3=O. The predicted molar refractivity (Wildman–Crippen MR) is 115 cm³/mol. The number of nitrogens with zero attached hydrogens (tertiary/aromatic N) is 3. The first-order chi connectivity index (χ1) is 14.7. The Hall–Kier alpha value is -3.94. The van der Waals surface area contributed by atoms with Gasteiger partial charge in [0.2, 0.25) is 0 Å². The second-order valence-corrected chi connectivity index (χ2v) is 6.93. The van der Waals surface area contributed by atoms with E-state index in [1.165, 1.54) is 12.4 Å². The maximum atomic E-state index is 12.7. The molecule has 4 rings (SSSR count). The molecular formula is C22H22N6O2. The van der Waals surface area contributed by atoms with Gasteiger partial charge in [-0.25, -0.2) is 4.98 Å². The number of carbonyl (C=O) groups is 2. The topological polar surface area (TPSA) is 114 Å². The molecule has 0 aliphatic carbocycles. The standard InChI is InChI=1S/C22H22N6O2/c23-12-17(14-24-13-15-5-2-1-3-6-15)26-21(29)18-8-7-16-11-19-22(30)25-9-4-10-28(19)20(16)27-18/h1-3,5-8,11-12,14H,4,9-10,13,23H2,(H,25,30)(H,26,29). The maximum absolute atomic E-state index is 12.7. The van der Waals surface area contributed by atoms with E-state index in [1.54, 1.807) is 18.2 Å². The van der Waals surface area contributed by atoms with Crippen molar-refractivity contribution in [2.45, 2.75) is 19.5 Å². The predicted octanol–water partition coefficient (Wildman–Crippen LogP) is 1.97. The highest BCUT2D eigenvalue weighted by molar-refractivity contribution is 6.01. The van der Waals surface area contributed by atoms with Crippen LogP contribution in [-0.2, 0) is 13.1 Å². The van der Waals surface area contributed by atoms with Gasteiger partial charge in [0.15, 0.2) is 0 Å². The lowest BCUT2D eigenvalue weighted by atomic mass is 10.2. The number of nitrogens with one attached hydrogen (secondary N) is 2. The molecule has 0 radical (unpaired) electrons. The number of allylic oxidation sites excluding steroid dienone is 1. The second kappa shape index (κ2) is 8.60. The first-order valence-corrected chi connectivity index (χ1v) is 9.71. The molecule has 0 saturated heterocycles. The van der Waals surface area contributed by atoms with Crippen LogP contribution in [0.4, 0.5) is 0 Å². The Labute approximate surface area is 173 Å². The number of carbonyl (C=O) groups excluding carboxylic acids is 2. The van der Waals surface area contributed by atoms with Gasteiger partial charge in [-0.15, -0.1) is 0 Å². The van der Waals surface area contributed by atoms with Crippen molar-refractivity contribution in [2.24, 2.45) is 10.7 Å². The van der Waals surface area contributed by atoms with Crippen LogP contribution in [0.3, 0.4) is 0 Å². The lowest BCUT2D eigenvalue weighted by Gasteiger charge is -2.07. The molecule has 2 amide bonds. The summed E-state index contributed by atoms with van der Waals surface area (Å²) < 4.78 is 1.86. The Kier molecular flexibility index (Phi) is 5.56. The third-order valence-electron chi connectivity index (χ3n) is 4.84. The van der Waals surface area contributed by atoms with Gasteiger partial charge in [0.1, 0.15) is 17.0 Å². The van der Waals surface area contributed by atoms with E-state index in [-0.39, 0.29) is 11.6 Å². The summed E-state index contributed by atoms with van der Waals surface area (Å²) in [5, 5.41) is 6.40. The molecule has 30 heavy (non-hydrogen) atoms. The Morgan fingerprint density at radius 2 is 2.10 bits per heavy atom. The molecule has 1 aliphatic rings. The van der Waals surface area contributed by atoms with Gasteiger partial charge in [0, 0.05) is 30.9 Å². The van der Waals surface area contributed by atoms with Crippen molar-refractivity contribution in [2.75, 3.05) is 6.54 Å². The van der Waals surface area contributed by atoms with Crippen molar-refractivity contribution in [1.82, 2.24) is 20.2 Å². The zero-order valence-corrected chi connectivity index (χ0v) is 16.3. The third kappa shape index (κ3) is 4.07. The van der Waals surface area contributed by atoms with Crippen LogP contribution in [0.15, 0.2) is 65.4 Å². The second-order valence-electron chi connectivity index (χ2n) is 6.93. The lowest BCUT2D eigenvalue weighted by Crippen LogP contribution is -2.25. The van der Waals surface area contributed by atoms with Gasteiger partial charge in [-0.2, -0.15) is 0 Å². The highest BCUT2D eigenvalue weighted by Crippen LogP contribution is 2.21. The number of pyridine rings is 1. The normalized spacial score (nSPS) is 14.4. The monoisotopic (exact) mass is 402 g/mol. The molecule has 0 saturated carbocycles. The number of hydrogen-bond donors (Lipinski definition) is 3. The van der Waals surface area contributed by atoms with E-state index in [4.69, 9.17) is 5.73 Å². The summed E-state index contributed by atoms with van der Waals surface area (Å²) in [6.07, 6.45) is 3.62. The summed E-state index contributed by atoms with van der Waals surface area (Å²) in [7, 11) is 0. The summed E-state index contributed by atoms with van der Waals surface area (Å²) in [6, 6.07) is 15.0. The Morgan fingerprint density at radius 3 is 2.90 bits per heavy atom. The largest absolute Gasteiger partial charge is 0.403 e. The van der Waals surface area contributed by atoms with Crippen molar-refractivity contribution in [3.63, 3.8) is 0 Å². The molecule has 8 nitrogen and oxygen atoms in total. The minimum absolute atomic E-state index is 0.125. The van der Waals surface area contributed by atoms with Gasteiger partial charge in [-0.05, 0) is 30.2 Å². The molecule has 0 bridgehead atoms. The van der Waals surface area contributed by atoms with Crippen molar-refractivity contribution in [3.8, 4) is 0 Å². The van der Waals surface area contributed by atoms with Gasteiger partial charge in [-0.3, -0.25) is 14.6 Å². The number of amides is 2. The van der Waals surface area contributed by atoms with Gasteiger partial charge in [0.25, 0.3) is 11.8 Å². The molecule has 3 heterocycles. The van der Waals surface area contributed by atoms with E-state index in [2.05, 4.69) is 20.6 Å². The van der Waals surface area contributed by atoms with Crippen molar-refractivity contribution < 1.29 is 9.59 Å². The van der Waals surface area contributed by atoms with Crippen LogP contribution in [0.5, 0.6) is 0 Å². The zero-order chi connectivity index (χ0) is 20.9. The first kappa shape index (κ1) is 19.4. The number of aromatic nitrogens is 2. The Morgan fingerprint density at radius 1 is 1.27 bits per heavy atom. The summed E-state index contributed by atoms with van der Waals surface area (Å²) in [5.41, 5.74) is 8.49. The van der Waals surface area contributed by atoms with Crippen LogP contribution in [0, 0.1) is 0 Å². The lowest BCUT2D eigenvalue weighted by molar-refractivity contribution is 0.0948. The average Bonchev–Trinajstić information content (AvgIpc) is 3.04. The van der Waals surface area contributed by atoms with Crippen LogP contribution in [0.2, 0.25) is 0 Å². The number of benzene rings is 1. The molecule has 3 aromatic rings. The Balaban J connectivity index is 1.51. The van der Waals surface area contributed by atoms with Crippen LogP contribution in [0.25, 0.3) is 11.0 Å². The molecule has 0 fully saturated rings. The smallest absolute Gasteiger partial charge is 0.274 e. The number of hydrogen-bond acceptors (Lipinski definition) is 5.